The van der Waals surface area contributed by atoms with Gasteiger partial charge in [0.2, 0.25) is 0 Å². The number of nitrogens with zero attached hydrogens (tertiary/aromatic N) is 1. The van der Waals surface area contributed by atoms with Crippen molar-refractivity contribution in [3.05, 3.63) is 78.1 Å². The molecule has 0 amide bonds. The highest BCUT2D eigenvalue weighted by Crippen LogP contribution is 2.28. The lowest BCUT2D eigenvalue weighted by atomic mass is 9.97. The van der Waals surface area contributed by atoms with Crippen molar-refractivity contribution in [2.75, 3.05) is 0 Å². The van der Waals surface area contributed by atoms with Gasteiger partial charge in [-0.05, 0) is 22.6 Å². The molecule has 1 atom stereocenters. The smallest absolute Gasteiger partial charge is 0.105 e. The van der Waals surface area contributed by atoms with Crippen molar-refractivity contribution in [2.24, 2.45) is 0 Å². The van der Waals surface area contributed by atoms with E-state index in [2.05, 4.69) is 4.98 Å². The second-order valence-electron chi connectivity index (χ2n) is 4.26. The minimum Gasteiger partial charge on any atom is -0.384 e. The second kappa shape index (κ2) is 4.59. The predicted octanol–water partition coefficient (Wildman–Crippen LogP) is 3.32. The molecule has 0 radical (unpaired) electrons. The number of fused-ring (bicyclic) bond motifs is 1. The zero-order chi connectivity index (χ0) is 12.4. The van der Waals surface area contributed by atoms with Crippen LogP contribution in [0.2, 0.25) is 0 Å². The van der Waals surface area contributed by atoms with E-state index >= 15 is 0 Å². The summed E-state index contributed by atoms with van der Waals surface area (Å²) in [5.41, 5.74) is 1.82. The Morgan fingerprint density at radius 1 is 0.889 bits per heavy atom. The van der Waals surface area contributed by atoms with Gasteiger partial charge in [-0.25, -0.2) is 0 Å². The number of hydrogen-bond acceptors (Lipinski definition) is 2. The van der Waals surface area contributed by atoms with Gasteiger partial charge in [-0.1, -0.05) is 48.5 Å². The summed E-state index contributed by atoms with van der Waals surface area (Å²) in [7, 11) is 0. The molecule has 18 heavy (non-hydrogen) atoms. The number of aromatic nitrogens is 1. The Bertz CT molecular complexity index is 659. The summed E-state index contributed by atoms with van der Waals surface area (Å²) < 4.78 is 0. The molecule has 0 aliphatic rings. The van der Waals surface area contributed by atoms with Crippen LogP contribution in [-0.2, 0) is 0 Å². The average molecular weight is 235 g/mol. The van der Waals surface area contributed by atoms with Gasteiger partial charge in [-0.2, -0.15) is 0 Å². The normalized spacial score (nSPS) is 12.5. The molecule has 1 heterocycles. The third-order valence-electron chi connectivity index (χ3n) is 3.12. The van der Waals surface area contributed by atoms with E-state index in [9.17, 15) is 5.11 Å². The van der Waals surface area contributed by atoms with Crippen LogP contribution < -0.4 is 0 Å². The number of aliphatic hydroxyl groups excluding tert-OH is 1. The minimum absolute atomic E-state index is 0.600. The number of benzene rings is 2. The summed E-state index contributed by atoms with van der Waals surface area (Å²) in [4.78, 5) is 4.10. The number of rotatable bonds is 2. The third-order valence-corrected chi connectivity index (χ3v) is 3.12. The maximum Gasteiger partial charge on any atom is 0.105 e. The number of hydrogen-bond donors (Lipinski definition) is 1. The van der Waals surface area contributed by atoms with Gasteiger partial charge < -0.3 is 5.11 Å². The first-order chi connectivity index (χ1) is 8.86. The molecule has 0 saturated carbocycles. The van der Waals surface area contributed by atoms with Crippen LogP contribution in [0.4, 0.5) is 0 Å². The molecule has 3 aromatic rings. The van der Waals surface area contributed by atoms with Crippen LogP contribution in [0.15, 0.2) is 67.0 Å². The highest BCUT2D eigenvalue weighted by molar-refractivity contribution is 5.85. The van der Waals surface area contributed by atoms with Gasteiger partial charge in [0.25, 0.3) is 0 Å². The zero-order valence-electron chi connectivity index (χ0n) is 9.82. The summed E-state index contributed by atoms with van der Waals surface area (Å²) in [6.07, 6.45) is 2.97. The van der Waals surface area contributed by atoms with E-state index in [0.717, 1.165) is 21.9 Å². The number of pyridine rings is 1. The molecule has 1 aromatic heterocycles. The Balaban J connectivity index is 2.15. The Morgan fingerprint density at radius 2 is 1.72 bits per heavy atom. The lowest BCUT2D eigenvalue weighted by Gasteiger charge is -2.13. The molecule has 2 aromatic carbocycles. The van der Waals surface area contributed by atoms with E-state index in [-0.39, 0.29) is 0 Å². The van der Waals surface area contributed by atoms with Crippen LogP contribution in [0.3, 0.4) is 0 Å². The molecule has 0 bridgehead atoms. The molecule has 0 fully saturated rings. The molecule has 0 spiro atoms. The van der Waals surface area contributed by atoms with Gasteiger partial charge in [-0.3, -0.25) is 4.98 Å². The van der Waals surface area contributed by atoms with Gasteiger partial charge in [0.15, 0.2) is 0 Å². The molecule has 1 unspecified atom stereocenters. The molecular formula is C16H13NO. The van der Waals surface area contributed by atoms with E-state index in [1.807, 2.05) is 60.8 Å². The van der Waals surface area contributed by atoms with Crippen LogP contribution >= 0.6 is 0 Å². The standard InChI is InChI=1S/C16H13NO/c18-16(12-5-2-1-3-6-12)15-8-4-7-13-11-17-10-9-14(13)15/h1-11,16,18H. The van der Waals surface area contributed by atoms with Crippen LogP contribution in [0, 0.1) is 0 Å². The Kier molecular flexibility index (Phi) is 2.79. The number of aliphatic hydroxyl groups is 1. The van der Waals surface area contributed by atoms with Crippen molar-refractivity contribution >= 4 is 10.8 Å². The monoisotopic (exact) mass is 235 g/mol. The Labute approximate surface area is 106 Å². The van der Waals surface area contributed by atoms with Gasteiger partial charge in [0, 0.05) is 17.8 Å². The van der Waals surface area contributed by atoms with Crippen molar-refractivity contribution in [3.63, 3.8) is 0 Å². The topological polar surface area (TPSA) is 33.1 Å². The lowest BCUT2D eigenvalue weighted by molar-refractivity contribution is 0.222. The SMILES string of the molecule is OC(c1ccccc1)c1cccc2cnccc12. The predicted molar refractivity (Wildman–Crippen MR) is 72.2 cm³/mol. The first-order valence-electron chi connectivity index (χ1n) is 5.92. The van der Waals surface area contributed by atoms with Crippen LogP contribution in [0.5, 0.6) is 0 Å². The summed E-state index contributed by atoms with van der Waals surface area (Å²) in [6, 6.07) is 17.5. The first kappa shape index (κ1) is 10.9. The Hall–Kier alpha value is -2.19. The van der Waals surface area contributed by atoms with Gasteiger partial charge in [-0.15, -0.1) is 0 Å². The van der Waals surface area contributed by atoms with Gasteiger partial charge >= 0.3 is 0 Å². The summed E-state index contributed by atoms with van der Waals surface area (Å²) in [5.74, 6) is 0. The van der Waals surface area contributed by atoms with Crippen molar-refractivity contribution in [1.29, 1.82) is 0 Å². The zero-order valence-corrected chi connectivity index (χ0v) is 9.82. The van der Waals surface area contributed by atoms with Gasteiger partial charge in [0.1, 0.15) is 6.10 Å². The molecule has 3 rings (SSSR count). The average Bonchev–Trinajstić information content (AvgIpc) is 2.47. The maximum atomic E-state index is 10.5. The highest BCUT2D eigenvalue weighted by Gasteiger charge is 2.12. The molecule has 0 saturated heterocycles. The molecule has 0 aliphatic carbocycles. The molecular weight excluding hydrogens is 222 g/mol. The molecule has 88 valence electrons. The quantitative estimate of drug-likeness (QED) is 0.739. The molecule has 1 N–H and O–H groups in total. The van der Waals surface area contributed by atoms with E-state index in [0.29, 0.717) is 0 Å². The van der Waals surface area contributed by atoms with E-state index in [4.69, 9.17) is 0 Å². The third kappa shape index (κ3) is 1.87. The van der Waals surface area contributed by atoms with Crippen molar-refractivity contribution in [2.45, 2.75) is 6.10 Å². The molecule has 2 nitrogen and oxygen atoms in total. The van der Waals surface area contributed by atoms with Crippen molar-refractivity contribution in [1.82, 2.24) is 4.98 Å². The van der Waals surface area contributed by atoms with E-state index < -0.39 is 6.10 Å². The summed E-state index contributed by atoms with van der Waals surface area (Å²) >= 11 is 0. The minimum atomic E-state index is -0.600. The fourth-order valence-corrected chi connectivity index (χ4v) is 2.20. The van der Waals surface area contributed by atoms with Crippen molar-refractivity contribution in [3.8, 4) is 0 Å². The Morgan fingerprint density at radius 3 is 2.56 bits per heavy atom. The maximum absolute atomic E-state index is 10.5. The molecule has 0 aliphatic heterocycles. The summed E-state index contributed by atoms with van der Waals surface area (Å²) in [6.45, 7) is 0. The van der Waals surface area contributed by atoms with Crippen LogP contribution in [0.25, 0.3) is 10.8 Å². The highest BCUT2D eigenvalue weighted by atomic mass is 16.3. The van der Waals surface area contributed by atoms with E-state index in [1.165, 1.54) is 0 Å². The summed E-state index contributed by atoms with van der Waals surface area (Å²) in [5, 5.41) is 12.6. The van der Waals surface area contributed by atoms with Gasteiger partial charge in [0.05, 0.1) is 0 Å². The van der Waals surface area contributed by atoms with Crippen LogP contribution in [-0.4, -0.2) is 10.1 Å². The molecule has 2 heteroatoms. The fourth-order valence-electron chi connectivity index (χ4n) is 2.20. The van der Waals surface area contributed by atoms with Crippen molar-refractivity contribution < 1.29 is 5.11 Å². The lowest BCUT2D eigenvalue weighted by Crippen LogP contribution is -2.00. The first-order valence-corrected chi connectivity index (χ1v) is 5.92. The second-order valence-corrected chi connectivity index (χ2v) is 4.26. The van der Waals surface area contributed by atoms with E-state index in [1.54, 1.807) is 6.20 Å². The largest absolute Gasteiger partial charge is 0.384 e. The fraction of sp³-hybridized carbons (Fsp3) is 0.0625. The van der Waals surface area contributed by atoms with Crippen LogP contribution in [0.1, 0.15) is 17.2 Å².